The van der Waals surface area contributed by atoms with Gasteiger partial charge in [0.1, 0.15) is 0 Å². The fourth-order valence-electron chi connectivity index (χ4n) is 6.42. The lowest BCUT2D eigenvalue weighted by atomic mass is 9.82. The zero-order chi connectivity index (χ0) is 33.1. The van der Waals surface area contributed by atoms with Crippen molar-refractivity contribution in [3.63, 3.8) is 0 Å². The zero-order valence-corrected chi connectivity index (χ0v) is 26.0. The molecule has 3 aromatic carbocycles. The molecule has 0 radical (unpaired) electrons. The number of anilines is 2. The van der Waals surface area contributed by atoms with Gasteiger partial charge in [-0.05, 0) is 42.2 Å². The zero-order valence-electron chi connectivity index (χ0n) is 26.0. The van der Waals surface area contributed by atoms with Gasteiger partial charge in [0, 0.05) is 55.0 Å². The minimum atomic E-state index is -2.04. The average molecular weight is 637 g/mol. The predicted octanol–water partition coefficient (Wildman–Crippen LogP) is 4.45. The summed E-state index contributed by atoms with van der Waals surface area (Å²) in [5, 5.41) is 42.1. The number of hydrogen-bond donors (Lipinski definition) is 2. The Balaban J connectivity index is 1.19. The maximum absolute atomic E-state index is 14.0. The van der Waals surface area contributed by atoms with Gasteiger partial charge in [-0.3, -0.25) is 24.4 Å². The number of rotatable bonds is 12. The van der Waals surface area contributed by atoms with Crippen LogP contribution in [-0.2, 0) is 28.3 Å². The maximum Gasteiger partial charge on any atom is 0.269 e. The highest BCUT2D eigenvalue weighted by Gasteiger charge is 2.53. The van der Waals surface area contributed by atoms with E-state index in [2.05, 4.69) is 10.3 Å². The Morgan fingerprint density at radius 2 is 1.89 bits per heavy atom. The van der Waals surface area contributed by atoms with Gasteiger partial charge in [0.05, 0.1) is 35.4 Å². The number of aliphatic hydroxyl groups is 2. The third kappa shape index (κ3) is 6.17. The van der Waals surface area contributed by atoms with Crippen LogP contribution in [0.3, 0.4) is 0 Å². The number of amides is 2. The molecule has 242 valence electrons. The Hall–Kier alpha value is -5.20. The maximum atomic E-state index is 14.0. The van der Waals surface area contributed by atoms with Gasteiger partial charge in [0.15, 0.2) is 5.60 Å². The summed E-state index contributed by atoms with van der Waals surface area (Å²) in [6.45, 7) is 2.83. The quantitative estimate of drug-likeness (QED) is 0.131. The smallest absolute Gasteiger partial charge is 0.269 e. The highest BCUT2D eigenvalue weighted by Crippen LogP contribution is 2.47. The van der Waals surface area contributed by atoms with Crippen LogP contribution in [0.4, 0.5) is 17.1 Å². The number of nitro groups is 1. The van der Waals surface area contributed by atoms with Gasteiger partial charge in [-0.1, -0.05) is 66.8 Å². The number of allylic oxidation sites excluding steroid dienone is 1. The van der Waals surface area contributed by atoms with Gasteiger partial charge in [-0.15, -0.1) is 5.10 Å². The van der Waals surface area contributed by atoms with Crippen LogP contribution in [0.1, 0.15) is 54.5 Å². The second-order valence-electron chi connectivity index (χ2n) is 12.0. The van der Waals surface area contributed by atoms with E-state index in [1.807, 2.05) is 60.7 Å². The van der Waals surface area contributed by atoms with Crippen LogP contribution in [0.2, 0.25) is 0 Å². The van der Waals surface area contributed by atoms with Crippen molar-refractivity contribution in [3.8, 4) is 0 Å². The number of non-ortho nitro benzene ring substituents is 1. The molecule has 1 aromatic heterocycles. The van der Waals surface area contributed by atoms with Gasteiger partial charge in [-0.25, -0.2) is 0 Å². The molecule has 0 aliphatic carbocycles. The fraction of sp³-hybridized carbons (Fsp3) is 0.314. The van der Waals surface area contributed by atoms with Gasteiger partial charge < -0.3 is 20.0 Å². The second-order valence-corrected chi connectivity index (χ2v) is 12.0. The van der Waals surface area contributed by atoms with E-state index in [1.54, 1.807) is 28.8 Å². The monoisotopic (exact) mass is 636 g/mol. The molecule has 6 rings (SSSR count). The first-order valence-electron chi connectivity index (χ1n) is 15.7. The van der Waals surface area contributed by atoms with E-state index in [0.29, 0.717) is 37.3 Å². The van der Waals surface area contributed by atoms with Crippen LogP contribution in [0, 0.1) is 16.0 Å². The molecule has 3 atom stereocenters. The van der Waals surface area contributed by atoms with E-state index in [1.165, 1.54) is 23.1 Å². The molecule has 47 heavy (non-hydrogen) atoms. The van der Waals surface area contributed by atoms with Crippen LogP contribution < -0.4 is 9.80 Å². The molecule has 12 heteroatoms. The van der Waals surface area contributed by atoms with Gasteiger partial charge >= 0.3 is 0 Å². The van der Waals surface area contributed by atoms with Crippen molar-refractivity contribution in [2.75, 3.05) is 23.0 Å². The van der Waals surface area contributed by atoms with Gasteiger partial charge in [0.25, 0.3) is 11.6 Å². The molecular formula is C35H36N6O6. The second kappa shape index (κ2) is 13.3. The standard InChI is InChI=1S/C35H36N6O6/c1-24(9-5-6-17-38-22-31(36-37-38)29(23-42)26-11-3-2-4-12-26)35(45)30-20-28(41(46)47)15-16-32(30)40(34(35)44)21-25-10-7-13-27(19-25)39-18-8-14-33(39)43/h2-5,7,9-13,15-16,19-20,22,24,29,42,45H,6,8,14,17-18,21,23H2,1H3/b9-5+/t24-,29?,35+/m1/s1. The molecule has 4 aromatic rings. The molecule has 1 fully saturated rings. The van der Waals surface area contributed by atoms with E-state index in [9.17, 15) is 29.9 Å². The molecule has 2 aliphatic heterocycles. The number of aryl methyl sites for hydroxylation is 1. The fourth-order valence-corrected chi connectivity index (χ4v) is 6.42. The lowest BCUT2D eigenvalue weighted by Gasteiger charge is -2.27. The molecule has 2 N–H and O–H groups in total. The third-order valence-electron chi connectivity index (χ3n) is 9.01. The summed E-state index contributed by atoms with van der Waals surface area (Å²) in [7, 11) is 0. The summed E-state index contributed by atoms with van der Waals surface area (Å²) in [5.41, 5.74) is 1.42. The average Bonchev–Trinajstić information content (AvgIpc) is 3.78. The molecule has 12 nitrogen and oxygen atoms in total. The van der Waals surface area contributed by atoms with Crippen molar-refractivity contribution in [3.05, 3.63) is 124 Å². The van der Waals surface area contributed by atoms with Crippen molar-refractivity contribution in [2.24, 2.45) is 5.92 Å². The Morgan fingerprint density at radius 1 is 1.09 bits per heavy atom. The van der Waals surface area contributed by atoms with Crippen molar-refractivity contribution in [1.82, 2.24) is 15.0 Å². The molecule has 0 bridgehead atoms. The largest absolute Gasteiger partial charge is 0.395 e. The summed E-state index contributed by atoms with van der Waals surface area (Å²) < 4.78 is 1.68. The molecule has 0 saturated carbocycles. The summed E-state index contributed by atoms with van der Waals surface area (Å²) in [6.07, 6.45) is 7.17. The molecular weight excluding hydrogens is 600 g/mol. The number of fused-ring (bicyclic) bond motifs is 1. The summed E-state index contributed by atoms with van der Waals surface area (Å²) >= 11 is 0. The van der Waals surface area contributed by atoms with E-state index >= 15 is 0 Å². The molecule has 3 heterocycles. The highest BCUT2D eigenvalue weighted by atomic mass is 16.6. The highest BCUT2D eigenvalue weighted by molar-refractivity contribution is 6.07. The number of carbonyl (C=O) groups excluding carboxylic acids is 2. The normalized spacial score (nSPS) is 19.0. The lowest BCUT2D eigenvalue weighted by molar-refractivity contribution is -0.385. The third-order valence-corrected chi connectivity index (χ3v) is 9.01. The van der Waals surface area contributed by atoms with E-state index in [-0.39, 0.29) is 36.2 Å². The Morgan fingerprint density at radius 3 is 2.62 bits per heavy atom. The Labute approximate surface area is 271 Å². The van der Waals surface area contributed by atoms with Gasteiger partial charge in [-0.2, -0.15) is 0 Å². The molecule has 1 saturated heterocycles. The number of aliphatic hydroxyl groups excluding tert-OH is 1. The van der Waals surface area contributed by atoms with Crippen LogP contribution in [0.25, 0.3) is 0 Å². The Bertz CT molecular complexity index is 1820. The van der Waals surface area contributed by atoms with E-state index < -0.39 is 22.3 Å². The number of nitrogens with zero attached hydrogens (tertiary/aromatic N) is 6. The number of benzene rings is 3. The van der Waals surface area contributed by atoms with Crippen LogP contribution in [-0.4, -0.2) is 55.1 Å². The van der Waals surface area contributed by atoms with Gasteiger partial charge in [0.2, 0.25) is 5.91 Å². The van der Waals surface area contributed by atoms with Crippen molar-refractivity contribution < 1.29 is 24.7 Å². The minimum Gasteiger partial charge on any atom is -0.395 e. The first-order chi connectivity index (χ1) is 22.7. The summed E-state index contributed by atoms with van der Waals surface area (Å²) in [4.78, 5) is 40.7. The molecule has 2 amide bonds. The lowest BCUT2D eigenvalue weighted by Crippen LogP contribution is -2.44. The van der Waals surface area contributed by atoms with Crippen LogP contribution >= 0.6 is 0 Å². The van der Waals surface area contributed by atoms with Crippen molar-refractivity contribution in [2.45, 2.75) is 50.8 Å². The number of aromatic nitrogens is 3. The summed E-state index contributed by atoms with van der Waals surface area (Å²) in [5.74, 6) is -1.54. The first-order valence-corrected chi connectivity index (χ1v) is 15.7. The van der Waals surface area contributed by atoms with Crippen LogP contribution in [0.5, 0.6) is 0 Å². The summed E-state index contributed by atoms with van der Waals surface area (Å²) in [6, 6.07) is 21.1. The number of carbonyl (C=O) groups is 2. The van der Waals surface area contributed by atoms with E-state index in [4.69, 9.17) is 0 Å². The van der Waals surface area contributed by atoms with Crippen molar-refractivity contribution in [1.29, 1.82) is 0 Å². The first kappa shape index (κ1) is 31.8. The predicted molar refractivity (Wildman–Crippen MR) is 175 cm³/mol. The molecule has 2 aliphatic rings. The Kier molecular flexibility index (Phi) is 8.97. The minimum absolute atomic E-state index is 0.0536. The number of hydrogen-bond acceptors (Lipinski definition) is 8. The SMILES string of the molecule is C[C@H](/C=C/CCn1cc(C(CO)c2ccccc2)nn1)[C@@]1(O)C(=O)N(Cc2cccc(N3CCCC3=O)c2)c2ccc([N+](=O)[O-])cc21. The molecule has 0 spiro atoms. The van der Waals surface area contributed by atoms with E-state index in [0.717, 1.165) is 23.2 Å². The topological polar surface area (TPSA) is 155 Å². The van der Waals surface area contributed by atoms with Crippen molar-refractivity contribution >= 4 is 28.9 Å². The molecule has 1 unspecified atom stereocenters. The number of nitro benzene ring substituents is 1. The van der Waals surface area contributed by atoms with Crippen LogP contribution in [0.15, 0.2) is 91.1 Å².